The molecule has 2 amide bonds. The first-order chi connectivity index (χ1) is 12.9. The van der Waals surface area contributed by atoms with Crippen LogP contribution in [0.4, 0.5) is 0 Å². The second-order valence-electron chi connectivity index (χ2n) is 6.04. The smallest absolute Gasteiger partial charge is 0.257 e. The summed E-state index contributed by atoms with van der Waals surface area (Å²) in [5, 5.41) is 5.45. The predicted octanol–water partition coefficient (Wildman–Crippen LogP) is 1.04. The molecule has 0 bridgehead atoms. The molecular weight excluding hydrogens is 346 g/mol. The van der Waals surface area contributed by atoms with E-state index >= 15 is 0 Å². The van der Waals surface area contributed by atoms with E-state index in [1.165, 1.54) is 18.2 Å². The van der Waals surface area contributed by atoms with Gasteiger partial charge in [-0.1, -0.05) is 13.2 Å². The highest BCUT2D eigenvalue weighted by Crippen LogP contribution is 2.03. The summed E-state index contributed by atoms with van der Waals surface area (Å²) in [6.45, 7) is 7.51. The average Bonchev–Trinajstić information content (AvgIpc) is 2.67. The zero-order valence-corrected chi connectivity index (χ0v) is 15.6. The standard InChI is InChI=1S/C20H25N3O4/c1-4-17(24)8-6-10-21-19(26)15-12-16(14-23(3)13-15)20(27)22-11-7-9-18(25)5-2/h4-5,12-14H,1-2,6-11H2,3H3,(H-,21,22,26,27)/p+1. The number of aromatic nitrogens is 1. The highest BCUT2D eigenvalue weighted by atomic mass is 16.2. The normalized spacial score (nSPS) is 9.96. The second kappa shape index (κ2) is 11.5. The van der Waals surface area contributed by atoms with Crippen molar-refractivity contribution < 1.29 is 23.7 Å². The summed E-state index contributed by atoms with van der Waals surface area (Å²) in [4.78, 5) is 46.8. The third-order valence-corrected chi connectivity index (χ3v) is 3.75. The quantitative estimate of drug-likeness (QED) is 0.326. The van der Waals surface area contributed by atoms with E-state index in [-0.39, 0.29) is 23.4 Å². The maximum absolute atomic E-state index is 12.2. The maximum atomic E-state index is 12.2. The molecule has 27 heavy (non-hydrogen) atoms. The number of hydrogen-bond donors (Lipinski definition) is 2. The van der Waals surface area contributed by atoms with Gasteiger partial charge < -0.3 is 10.6 Å². The van der Waals surface area contributed by atoms with Crippen molar-refractivity contribution in [2.45, 2.75) is 25.7 Å². The molecule has 0 radical (unpaired) electrons. The third-order valence-electron chi connectivity index (χ3n) is 3.75. The molecular formula is C20H26N3O4+. The molecule has 0 fully saturated rings. The van der Waals surface area contributed by atoms with Crippen LogP contribution in [-0.2, 0) is 16.6 Å². The lowest BCUT2D eigenvalue weighted by atomic mass is 10.1. The predicted molar refractivity (Wildman–Crippen MR) is 101 cm³/mol. The van der Waals surface area contributed by atoms with Crippen LogP contribution in [-0.4, -0.2) is 36.5 Å². The molecule has 1 rings (SSSR count). The minimum Gasteiger partial charge on any atom is -0.352 e. The lowest BCUT2D eigenvalue weighted by molar-refractivity contribution is -0.671. The first kappa shape index (κ1) is 22.0. The molecule has 0 aliphatic carbocycles. The number of carbonyl (C=O) groups excluding carboxylic acids is 4. The Kier molecular flexibility index (Phi) is 9.36. The molecule has 0 spiro atoms. The summed E-state index contributed by atoms with van der Waals surface area (Å²) in [5.74, 6) is -0.765. The number of hydrogen-bond acceptors (Lipinski definition) is 4. The van der Waals surface area contributed by atoms with Crippen LogP contribution in [0.1, 0.15) is 46.4 Å². The molecule has 1 aromatic heterocycles. The summed E-state index contributed by atoms with van der Waals surface area (Å²) < 4.78 is 1.63. The van der Waals surface area contributed by atoms with Gasteiger partial charge in [0.05, 0.1) is 0 Å². The number of nitrogens with zero attached hydrogens (tertiary/aromatic N) is 1. The van der Waals surface area contributed by atoms with Crippen molar-refractivity contribution in [1.82, 2.24) is 10.6 Å². The molecule has 0 aliphatic rings. The summed E-state index contributed by atoms with van der Waals surface area (Å²) in [5.41, 5.74) is 0.698. The third kappa shape index (κ3) is 8.22. The minimum absolute atomic E-state index is 0.0656. The van der Waals surface area contributed by atoms with Gasteiger partial charge >= 0.3 is 0 Å². The molecule has 2 N–H and O–H groups in total. The lowest BCUT2D eigenvalue weighted by Gasteiger charge is -2.06. The molecule has 1 heterocycles. The molecule has 0 unspecified atom stereocenters. The van der Waals surface area contributed by atoms with Gasteiger partial charge in [-0.25, -0.2) is 4.57 Å². The lowest BCUT2D eigenvalue weighted by Crippen LogP contribution is -2.35. The Hall–Kier alpha value is -3.09. The fourth-order valence-electron chi connectivity index (χ4n) is 2.30. The van der Waals surface area contributed by atoms with Crippen molar-refractivity contribution in [3.8, 4) is 0 Å². The minimum atomic E-state index is -0.317. The van der Waals surface area contributed by atoms with E-state index in [9.17, 15) is 19.2 Å². The number of nitrogens with one attached hydrogen (secondary N) is 2. The van der Waals surface area contributed by atoms with Gasteiger partial charge in [0.2, 0.25) is 0 Å². The number of rotatable bonds is 12. The Balaban J connectivity index is 2.59. The monoisotopic (exact) mass is 372 g/mol. The Morgan fingerprint density at radius 2 is 1.30 bits per heavy atom. The van der Waals surface area contributed by atoms with Crippen LogP contribution < -0.4 is 15.2 Å². The van der Waals surface area contributed by atoms with Crippen LogP contribution in [0.2, 0.25) is 0 Å². The van der Waals surface area contributed by atoms with Crippen molar-refractivity contribution >= 4 is 23.4 Å². The average molecular weight is 372 g/mol. The second-order valence-corrected chi connectivity index (χ2v) is 6.04. The molecule has 7 nitrogen and oxygen atoms in total. The molecule has 0 aliphatic heterocycles. The molecule has 144 valence electrons. The van der Waals surface area contributed by atoms with Gasteiger partial charge in [0.1, 0.15) is 18.2 Å². The number of pyridine rings is 1. The van der Waals surface area contributed by atoms with E-state index in [1.54, 1.807) is 24.0 Å². The van der Waals surface area contributed by atoms with Crippen molar-refractivity contribution in [1.29, 1.82) is 0 Å². The fraction of sp³-hybridized carbons (Fsp3) is 0.350. The van der Waals surface area contributed by atoms with Gasteiger partial charge in [0, 0.05) is 25.9 Å². The molecule has 7 heteroatoms. The van der Waals surface area contributed by atoms with Crippen LogP contribution in [0.3, 0.4) is 0 Å². The van der Waals surface area contributed by atoms with E-state index in [1.807, 2.05) is 0 Å². The Labute approximate surface area is 159 Å². The van der Waals surface area contributed by atoms with Crippen molar-refractivity contribution in [2.24, 2.45) is 7.05 Å². The van der Waals surface area contributed by atoms with Gasteiger partial charge in [-0.05, 0) is 31.1 Å². The fourth-order valence-corrected chi connectivity index (χ4v) is 2.30. The molecule has 0 atom stereocenters. The van der Waals surface area contributed by atoms with E-state index < -0.39 is 0 Å². The highest BCUT2D eigenvalue weighted by Gasteiger charge is 2.16. The van der Waals surface area contributed by atoms with Gasteiger partial charge in [0.15, 0.2) is 24.0 Å². The van der Waals surface area contributed by atoms with Crippen LogP contribution in [0.15, 0.2) is 43.8 Å². The molecule has 1 aromatic rings. The van der Waals surface area contributed by atoms with Crippen LogP contribution in [0, 0.1) is 0 Å². The van der Waals surface area contributed by atoms with Gasteiger partial charge in [-0.3, -0.25) is 19.2 Å². The van der Waals surface area contributed by atoms with Crippen molar-refractivity contribution in [3.63, 3.8) is 0 Å². The largest absolute Gasteiger partial charge is 0.352 e. The summed E-state index contributed by atoms with van der Waals surface area (Å²) >= 11 is 0. The first-order valence-corrected chi connectivity index (χ1v) is 8.74. The number of allylic oxidation sites excluding steroid dienone is 2. The van der Waals surface area contributed by atoms with E-state index in [2.05, 4.69) is 23.8 Å². The van der Waals surface area contributed by atoms with Crippen molar-refractivity contribution in [3.05, 3.63) is 54.9 Å². The molecule has 0 saturated heterocycles. The SMILES string of the molecule is C=CC(=O)CCCNC(=O)c1cc(C(=O)NCCCC(=O)C=C)c[n+](C)c1. The maximum Gasteiger partial charge on any atom is 0.257 e. The Bertz CT molecular complexity index is 682. The van der Waals surface area contributed by atoms with Gasteiger partial charge in [-0.2, -0.15) is 0 Å². The van der Waals surface area contributed by atoms with Crippen molar-refractivity contribution in [2.75, 3.05) is 13.1 Å². The zero-order valence-electron chi connectivity index (χ0n) is 15.6. The topological polar surface area (TPSA) is 96.2 Å². The zero-order chi connectivity index (χ0) is 20.2. The number of carbonyl (C=O) groups is 4. The summed E-state index contributed by atoms with van der Waals surface area (Å²) in [6, 6.07) is 1.51. The Morgan fingerprint density at radius 3 is 1.67 bits per heavy atom. The highest BCUT2D eigenvalue weighted by molar-refractivity contribution is 5.98. The first-order valence-electron chi connectivity index (χ1n) is 8.74. The molecule has 0 aromatic carbocycles. The van der Waals surface area contributed by atoms with Gasteiger partial charge in [0.25, 0.3) is 11.8 Å². The van der Waals surface area contributed by atoms with E-state index in [0.717, 1.165) is 0 Å². The van der Waals surface area contributed by atoms with Crippen LogP contribution in [0.25, 0.3) is 0 Å². The summed E-state index contributed by atoms with van der Waals surface area (Å²) in [7, 11) is 1.72. The number of amides is 2. The van der Waals surface area contributed by atoms with E-state index in [0.29, 0.717) is 49.9 Å². The number of ketones is 2. The summed E-state index contributed by atoms with van der Waals surface area (Å²) in [6.07, 6.45) is 7.45. The van der Waals surface area contributed by atoms with Crippen LogP contribution >= 0.6 is 0 Å². The van der Waals surface area contributed by atoms with Crippen LogP contribution in [0.5, 0.6) is 0 Å². The van der Waals surface area contributed by atoms with Gasteiger partial charge in [-0.15, -0.1) is 0 Å². The molecule has 0 saturated carbocycles. The Morgan fingerprint density at radius 1 is 0.889 bits per heavy atom. The number of aryl methyl sites for hydroxylation is 1. The van der Waals surface area contributed by atoms with E-state index in [4.69, 9.17) is 0 Å².